The lowest BCUT2D eigenvalue weighted by Gasteiger charge is -2.00. The first kappa shape index (κ1) is 22.8. The highest BCUT2D eigenvalue weighted by atomic mass is 16.3. The summed E-state index contributed by atoms with van der Waals surface area (Å²) in [6, 6.07) is 17.8. The summed E-state index contributed by atoms with van der Waals surface area (Å²) in [5.41, 5.74) is 23.7. The summed E-state index contributed by atoms with van der Waals surface area (Å²) in [5.74, 6) is -1.37. The highest BCUT2D eigenvalue weighted by molar-refractivity contribution is 5.95. The summed E-state index contributed by atoms with van der Waals surface area (Å²) >= 11 is 0. The van der Waals surface area contributed by atoms with Gasteiger partial charge >= 0.3 is 0 Å². The predicted octanol–water partition coefficient (Wildman–Crippen LogP) is 2.14. The molecule has 0 unspecified atom stereocenters. The standard InChI is InChI=1S/C7H10N2.2C7H7NO2/c1-5-6(8)3-2-4-7(5)9;2*8-7(10)5-3-1-2-4-6(5)9/h2-4H,8-9H2,1H3;2*1-4,9H,(H2,8,10). The fourth-order valence-electron chi connectivity index (χ4n) is 2.04. The van der Waals surface area contributed by atoms with Crippen LogP contribution in [-0.4, -0.2) is 22.0 Å². The van der Waals surface area contributed by atoms with Gasteiger partial charge in [0.1, 0.15) is 11.5 Å². The zero-order chi connectivity index (χ0) is 22.0. The molecular weight excluding hydrogens is 372 g/mol. The molecule has 0 aliphatic rings. The monoisotopic (exact) mass is 396 g/mol. The number of primary amides is 2. The molecule has 8 heteroatoms. The summed E-state index contributed by atoms with van der Waals surface area (Å²) in [4.78, 5) is 21.0. The second-order valence-corrected chi connectivity index (χ2v) is 5.82. The van der Waals surface area contributed by atoms with E-state index in [2.05, 4.69) is 0 Å². The van der Waals surface area contributed by atoms with Crippen LogP contribution in [0.2, 0.25) is 0 Å². The second-order valence-electron chi connectivity index (χ2n) is 5.82. The van der Waals surface area contributed by atoms with Crippen molar-refractivity contribution in [3.63, 3.8) is 0 Å². The average molecular weight is 396 g/mol. The van der Waals surface area contributed by atoms with Crippen LogP contribution < -0.4 is 22.9 Å². The van der Waals surface area contributed by atoms with Crippen LogP contribution >= 0.6 is 0 Å². The van der Waals surface area contributed by atoms with Gasteiger partial charge in [-0.1, -0.05) is 30.3 Å². The van der Waals surface area contributed by atoms with Gasteiger partial charge < -0.3 is 33.1 Å². The normalized spacial score (nSPS) is 9.28. The Labute approximate surface area is 168 Å². The lowest BCUT2D eigenvalue weighted by Crippen LogP contribution is -2.10. The van der Waals surface area contributed by atoms with E-state index in [4.69, 9.17) is 33.1 Å². The van der Waals surface area contributed by atoms with E-state index < -0.39 is 11.8 Å². The maximum Gasteiger partial charge on any atom is 0.252 e. The van der Waals surface area contributed by atoms with Crippen LogP contribution in [0.15, 0.2) is 66.7 Å². The van der Waals surface area contributed by atoms with Gasteiger partial charge in [0.15, 0.2) is 0 Å². The minimum atomic E-state index is -0.613. The van der Waals surface area contributed by atoms with Crippen LogP contribution in [-0.2, 0) is 0 Å². The predicted molar refractivity (Wildman–Crippen MR) is 113 cm³/mol. The fourth-order valence-corrected chi connectivity index (χ4v) is 2.04. The van der Waals surface area contributed by atoms with Crippen molar-refractivity contribution in [3.05, 3.63) is 83.4 Å². The molecule has 10 N–H and O–H groups in total. The molecule has 152 valence electrons. The lowest BCUT2D eigenvalue weighted by molar-refractivity contribution is 0.0989. The summed E-state index contributed by atoms with van der Waals surface area (Å²) in [6.45, 7) is 1.91. The number of aromatic hydroxyl groups is 2. The van der Waals surface area contributed by atoms with Gasteiger partial charge in [-0.2, -0.15) is 0 Å². The number of rotatable bonds is 2. The van der Waals surface area contributed by atoms with Crippen molar-refractivity contribution in [2.45, 2.75) is 6.92 Å². The number of phenols is 2. The summed E-state index contributed by atoms with van der Waals surface area (Å²) in [5, 5.41) is 18.0. The Kier molecular flexibility index (Phi) is 8.53. The van der Waals surface area contributed by atoms with Gasteiger partial charge in [-0.3, -0.25) is 9.59 Å². The zero-order valence-corrected chi connectivity index (χ0v) is 15.9. The SMILES string of the molecule is Cc1c(N)cccc1N.NC(=O)c1ccccc1O.NC(=O)c1ccccc1O. The summed E-state index contributed by atoms with van der Waals surface area (Å²) in [7, 11) is 0. The molecule has 0 aliphatic carbocycles. The molecule has 0 saturated carbocycles. The summed E-state index contributed by atoms with van der Waals surface area (Å²) in [6.07, 6.45) is 0. The third-order valence-corrected chi connectivity index (χ3v) is 3.76. The number of amides is 2. The molecule has 0 aromatic heterocycles. The molecule has 0 aliphatic heterocycles. The van der Waals surface area contributed by atoms with Crippen molar-refractivity contribution in [2.24, 2.45) is 11.5 Å². The number of carbonyl (C=O) groups excluding carboxylic acids is 2. The highest BCUT2D eigenvalue weighted by Gasteiger charge is 2.04. The Morgan fingerprint density at radius 3 is 1.24 bits per heavy atom. The van der Waals surface area contributed by atoms with Crippen molar-refractivity contribution < 1.29 is 19.8 Å². The molecule has 29 heavy (non-hydrogen) atoms. The largest absolute Gasteiger partial charge is 0.507 e. The van der Waals surface area contributed by atoms with Gasteiger partial charge in [0.2, 0.25) is 0 Å². The molecule has 2 amide bonds. The van der Waals surface area contributed by atoms with Gasteiger partial charge in [-0.05, 0) is 48.9 Å². The number of anilines is 2. The molecule has 3 rings (SSSR count). The van der Waals surface area contributed by atoms with E-state index in [0.29, 0.717) is 0 Å². The van der Waals surface area contributed by atoms with Gasteiger partial charge in [-0.25, -0.2) is 0 Å². The van der Waals surface area contributed by atoms with E-state index in [0.717, 1.165) is 16.9 Å². The van der Waals surface area contributed by atoms with Crippen molar-refractivity contribution in [1.82, 2.24) is 0 Å². The number of benzene rings is 3. The smallest absolute Gasteiger partial charge is 0.252 e. The molecule has 0 fully saturated rings. The number of hydrogen-bond acceptors (Lipinski definition) is 6. The van der Waals surface area contributed by atoms with Crippen LogP contribution in [0.3, 0.4) is 0 Å². The Hall–Kier alpha value is -4.20. The third-order valence-electron chi connectivity index (χ3n) is 3.76. The Morgan fingerprint density at radius 2 is 1.00 bits per heavy atom. The van der Waals surface area contributed by atoms with Crippen LogP contribution in [0.1, 0.15) is 26.3 Å². The molecule has 0 heterocycles. The first-order valence-corrected chi connectivity index (χ1v) is 8.41. The van der Waals surface area contributed by atoms with Crippen molar-refractivity contribution >= 4 is 23.2 Å². The molecule has 0 radical (unpaired) electrons. The average Bonchev–Trinajstić information content (AvgIpc) is 2.67. The maximum atomic E-state index is 10.5. The molecule has 3 aromatic rings. The Morgan fingerprint density at radius 1 is 0.655 bits per heavy atom. The lowest BCUT2D eigenvalue weighted by atomic mass is 10.2. The number of carbonyl (C=O) groups is 2. The Bertz CT molecular complexity index is 914. The van der Waals surface area contributed by atoms with Crippen LogP contribution in [0.5, 0.6) is 11.5 Å². The molecule has 0 atom stereocenters. The van der Waals surface area contributed by atoms with E-state index in [1.807, 2.05) is 25.1 Å². The minimum Gasteiger partial charge on any atom is -0.507 e. The van der Waals surface area contributed by atoms with Crippen LogP contribution in [0.4, 0.5) is 11.4 Å². The number of hydrogen-bond donors (Lipinski definition) is 6. The van der Waals surface area contributed by atoms with E-state index in [9.17, 15) is 9.59 Å². The van der Waals surface area contributed by atoms with E-state index in [1.54, 1.807) is 24.3 Å². The number of nitrogens with two attached hydrogens (primary N) is 4. The highest BCUT2D eigenvalue weighted by Crippen LogP contribution is 2.16. The van der Waals surface area contributed by atoms with Crippen molar-refractivity contribution in [2.75, 3.05) is 11.5 Å². The molecule has 0 saturated heterocycles. The molecule has 0 spiro atoms. The quantitative estimate of drug-likeness (QED) is 0.361. The fraction of sp³-hybridized carbons (Fsp3) is 0.0476. The summed E-state index contributed by atoms with van der Waals surface area (Å²) < 4.78 is 0. The van der Waals surface area contributed by atoms with Crippen molar-refractivity contribution in [1.29, 1.82) is 0 Å². The van der Waals surface area contributed by atoms with Crippen LogP contribution in [0, 0.1) is 6.92 Å². The van der Waals surface area contributed by atoms with Crippen LogP contribution in [0.25, 0.3) is 0 Å². The van der Waals surface area contributed by atoms with Gasteiger partial charge in [-0.15, -0.1) is 0 Å². The van der Waals surface area contributed by atoms with Gasteiger partial charge in [0.05, 0.1) is 11.1 Å². The third kappa shape index (κ3) is 7.14. The van der Waals surface area contributed by atoms with Crippen molar-refractivity contribution in [3.8, 4) is 11.5 Å². The molecular formula is C21H24N4O4. The molecule has 8 nitrogen and oxygen atoms in total. The number of nitrogen functional groups attached to an aromatic ring is 2. The second kappa shape index (κ2) is 10.8. The first-order chi connectivity index (χ1) is 13.6. The maximum absolute atomic E-state index is 10.5. The molecule has 0 bridgehead atoms. The molecule has 3 aromatic carbocycles. The van der Waals surface area contributed by atoms with Gasteiger partial charge in [0.25, 0.3) is 11.8 Å². The first-order valence-electron chi connectivity index (χ1n) is 8.41. The van der Waals surface area contributed by atoms with E-state index in [-0.39, 0.29) is 22.6 Å². The minimum absolute atomic E-state index is 0.0741. The van der Waals surface area contributed by atoms with Gasteiger partial charge in [0, 0.05) is 11.4 Å². The van der Waals surface area contributed by atoms with E-state index in [1.165, 1.54) is 24.3 Å². The Balaban J connectivity index is 0.000000218. The topological polar surface area (TPSA) is 179 Å². The number of para-hydroxylation sites is 2. The van der Waals surface area contributed by atoms with E-state index >= 15 is 0 Å². The zero-order valence-electron chi connectivity index (χ0n) is 15.9.